The van der Waals surface area contributed by atoms with E-state index < -0.39 is 5.97 Å². The molecule has 8 heteroatoms. The van der Waals surface area contributed by atoms with Crippen LogP contribution in [0.3, 0.4) is 0 Å². The van der Waals surface area contributed by atoms with E-state index in [1.54, 1.807) is 7.05 Å². The molecule has 7 nitrogen and oxygen atoms in total. The van der Waals surface area contributed by atoms with Gasteiger partial charge in [-0.15, -0.1) is 0 Å². The summed E-state index contributed by atoms with van der Waals surface area (Å²) in [5, 5.41) is 5.56. The third-order valence-corrected chi connectivity index (χ3v) is 2.33. The van der Waals surface area contributed by atoms with Gasteiger partial charge in [0.2, 0.25) is 17.7 Å². The van der Waals surface area contributed by atoms with Crippen LogP contribution in [0.25, 0.3) is 0 Å². The third-order valence-electron chi connectivity index (χ3n) is 2.33. The van der Waals surface area contributed by atoms with Crippen LogP contribution >= 0.6 is 0 Å². The first-order valence-electron chi connectivity index (χ1n) is 5.67. The minimum atomic E-state index is -0.675. The number of carbonyl (C=O) groups excluding carboxylic acids is 1. The molecule has 0 aliphatic rings. The standard InChI is InChI=1S/C12H12FN5O2/c1-14-11-16-9(10(19)20-2)17-12(18-11)15-8-5-3-7(13)4-6-8/h3-6H,1-2H3,(H2,14,15,16,17,18). The minimum Gasteiger partial charge on any atom is -0.463 e. The molecule has 2 aromatic rings. The van der Waals surface area contributed by atoms with E-state index in [-0.39, 0.29) is 23.5 Å². The largest absolute Gasteiger partial charge is 0.463 e. The molecule has 0 bridgehead atoms. The van der Waals surface area contributed by atoms with E-state index in [0.717, 1.165) is 0 Å². The Balaban J connectivity index is 2.30. The first-order chi connectivity index (χ1) is 9.62. The van der Waals surface area contributed by atoms with Crippen molar-refractivity contribution in [3.05, 3.63) is 35.9 Å². The Morgan fingerprint density at radius 1 is 1.15 bits per heavy atom. The summed E-state index contributed by atoms with van der Waals surface area (Å²) in [6, 6.07) is 5.64. The van der Waals surface area contributed by atoms with Crippen molar-refractivity contribution in [1.82, 2.24) is 15.0 Å². The molecule has 0 amide bonds. The van der Waals surface area contributed by atoms with Crippen molar-refractivity contribution >= 4 is 23.6 Å². The third kappa shape index (κ3) is 3.16. The van der Waals surface area contributed by atoms with Gasteiger partial charge in [0.25, 0.3) is 0 Å². The van der Waals surface area contributed by atoms with Crippen LogP contribution in [0, 0.1) is 5.82 Å². The molecule has 0 radical (unpaired) electrons. The highest BCUT2D eigenvalue weighted by Crippen LogP contribution is 2.14. The van der Waals surface area contributed by atoms with Crippen molar-refractivity contribution in [2.24, 2.45) is 0 Å². The van der Waals surface area contributed by atoms with Gasteiger partial charge in [-0.2, -0.15) is 15.0 Å². The zero-order chi connectivity index (χ0) is 14.5. The second-order valence-corrected chi connectivity index (χ2v) is 3.68. The molecule has 0 aliphatic heterocycles. The van der Waals surface area contributed by atoms with Crippen LogP contribution in [0.1, 0.15) is 10.6 Å². The lowest BCUT2D eigenvalue weighted by molar-refractivity contribution is 0.0586. The summed E-state index contributed by atoms with van der Waals surface area (Å²) in [6.45, 7) is 0. The quantitative estimate of drug-likeness (QED) is 0.820. The number of benzene rings is 1. The lowest BCUT2D eigenvalue weighted by atomic mass is 10.3. The van der Waals surface area contributed by atoms with Crippen molar-refractivity contribution in [3.63, 3.8) is 0 Å². The van der Waals surface area contributed by atoms with Crippen molar-refractivity contribution in [3.8, 4) is 0 Å². The lowest BCUT2D eigenvalue weighted by Crippen LogP contribution is -2.12. The van der Waals surface area contributed by atoms with Gasteiger partial charge in [-0.25, -0.2) is 9.18 Å². The average molecular weight is 277 g/mol. The van der Waals surface area contributed by atoms with Crippen LogP contribution in [0.15, 0.2) is 24.3 Å². The number of ether oxygens (including phenoxy) is 1. The molecule has 1 heterocycles. The van der Waals surface area contributed by atoms with Gasteiger partial charge in [0, 0.05) is 12.7 Å². The summed E-state index contributed by atoms with van der Waals surface area (Å²) >= 11 is 0. The molecule has 0 saturated heterocycles. The maximum Gasteiger partial charge on any atom is 0.376 e. The monoisotopic (exact) mass is 277 g/mol. The maximum atomic E-state index is 12.8. The zero-order valence-corrected chi connectivity index (χ0v) is 10.8. The lowest BCUT2D eigenvalue weighted by Gasteiger charge is -2.07. The molecule has 0 unspecified atom stereocenters. The van der Waals surface area contributed by atoms with Crippen LogP contribution in [-0.4, -0.2) is 35.1 Å². The van der Waals surface area contributed by atoms with Crippen LogP contribution in [-0.2, 0) is 4.74 Å². The smallest absolute Gasteiger partial charge is 0.376 e. The number of nitrogens with zero attached hydrogens (tertiary/aromatic N) is 3. The number of carbonyl (C=O) groups is 1. The van der Waals surface area contributed by atoms with Gasteiger partial charge in [-0.05, 0) is 24.3 Å². The van der Waals surface area contributed by atoms with Gasteiger partial charge in [-0.3, -0.25) is 0 Å². The average Bonchev–Trinajstić information content (AvgIpc) is 2.48. The number of hydrogen-bond acceptors (Lipinski definition) is 7. The molecule has 0 spiro atoms. The van der Waals surface area contributed by atoms with E-state index in [1.165, 1.54) is 31.4 Å². The first-order valence-corrected chi connectivity index (χ1v) is 5.67. The van der Waals surface area contributed by atoms with Crippen molar-refractivity contribution < 1.29 is 13.9 Å². The van der Waals surface area contributed by atoms with E-state index in [2.05, 4.69) is 30.3 Å². The van der Waals surface area contributed by atoms with Gasteiger partial charge in [0.05, 0.1) is 7.11 Å². The van der Waals surface area contributed by atoms with E-state index in [9.17, 15) is 9.18 Å². The summed E-state index contributed by atoms with van der Waals surface area (Å²) in [7, 11) is 2.84. The van der Waals surface area contributed by atoms with Gasteiger partial charge >= 0.3 is 5.97 Å². The molecular weight excluding hydrogens is 265 g/mol. The van der Waals surface area contributed by atoms with Crippen molar-refractivity contribution in [2.45, 2.75) is 0 Å². The summed E-state index contributed by atoms with van der Waals surface area (Å²) in [4.78, 5) is 23.3. The molecular formula is C12H12FN5O2. The van der Waals surface area contributed by atoms with Gasteiger partial charge < -0.3 is 15.4 Å². The number of hydrogen-bond donors (Lipinski definition) is 2. The zero-order valence-electron chi connectivity index (χ0n) is 10.8. The highest BCUT2D eigenvalue weighted by molar-refractivity contribution is 5.85. The Kier molecular flexibility index (Phi) is 4.04. The van der Waals surface area contributed by atoms with Crippen LogP contribution in [0.5, 0.6) is 0 Å². The fourth-order valence-corrected chi connectivity index (χ4v) is 1.39. The summed E-state index contributed by atoms with van der Waals surface area (Å²) in [6.07, 6.45) is 0. The maximum absolute atomic E-state index is 12.8. The molecule has 2 rings (SSSR count). The number of rotatable bonds is 4. The van der Waals surface area contributed by atoms with E-state index in [1.807, 2.05) is 0 Å². The summed E-state index contributed by atoms with van der Waals surface area (Å²) in [5.41, 5.74) is 0.579. The number of esters is 1. The molecule has 1 aromatic heterocycles. The molecule has 0 atom stereocenters. The SMILES string of the molecule is CNc1nc(Nc2ccc(F)cc2)nc(C(=O)OC)n1. The van der Waals surface area contributed by atoms with Crippen LogP contribution in [0.4, 0.5) is 22.0 Å². The number of anilines is 3. The minimum absolute atomic E-state index is 0.128. The van der Waals surface area contributed by atoms with Crippen molar-refractivity contribution in [1.29, 1.82) is 0 Å². The first kappa shape index (κ1) is 13.7. The van der Waals surface area contributed by atoms with E-state index in [4.69, 9.17) is 0 Å². The highest BCUT2D eigenvalue weighted by Gasteiger charge is 2.13. The van der Waals surface area contributed by atoms with Crippen LogP contribution in [0.2, 0.25) is 0 Å². The number of aromatic nitrogens is 3. The molecule has 104 valence electrons. The Morgan fingerprint density at radius 2 is 1.80 bits per heavy atom. The Hall–Kier alpha value is -2.77. The Morgan fingerprint density at radius 3 is 2.40 bits per heavy atom. The summed E-state index contributed by atoms with van der Waals surface area (Å²) in [5.74, 6) is -0.791. The Bertz CT molecular complexity index is 618. The molecule has 0 saturated carbocycles. The molecule has 2 N–H and O–H groups in total. The number of methoxy groups -OCH3 is 1. The normalized spacial score (nSPS) is 9.95. The predicted molar refractivity (Wildman–Crippen MR) is 70.4 cm³/mol. The summed E-state index contributed by atoms with van der Waals surface area (Å²) < 4.78 is 17.4. The van der Waals surface area contributed by atoms with Gasteiger partial charge in [-0.1, -0.05) is 0 Å². The molecule has 20 heavy (non-hydrogen) atoms. The van der Waals surface area contributed by atoms with Gasteiger partial charge in [0.1, 0.15) is 5.82 Å². The number of halogens is 1. The second kappa shape index (κ2) is 5.91. The molecule has 1 aromatic carbocycles. The van der Waals surface area contributed by atoms with E-state index in [0.29, 0.717) is 5.69 Å². The van der Waals surface area contributed by atoms with Crippen molar-refractivity contribution in [2.75, 3.05) is 24.8 Å². The highest BCUT2D eigenvalue weighted by atomic mass is 19.1. The van der Waals surface area contributed by atoms with Gasteiger partial charge in [0.15, 0.2) is 0 Å². The Labute approximate surface area is 114 Å². The van der Waals surface area contributed by atoms with E-state index >= 15 is 0 Å². The second-order valence-electron chi connectivity index (χ2n) is 3.68. The van der Waals surface area contributed by atoms with Crippen LogP contribution < -0.4 is 10.6 Å². The topological polar surface area (TPSA) is 89.0 Å². The fraction of sp³-hybridized carbons (Fsp3) is 0.167. The molecule has 0 aliphatic carbocycles. The number of nitrogens with one attached hydrogen (secondary N) is 2. The molecule has 0 fully saturated rings. The fourth-order valence-electron chi connectivity index (χ4n) is 1.39. The predicted octanol–water partition coefficient (Wildman–Crippen LogP) is 1.58.